The number of carbonyl (C=O) groups is 1. The lowest BCUT2D eigenvalue weighted by Crippen LogP contribution is -2.57. The standard InChI is InChI=1S/C22H36O4/c1-21-9-8-18-16(17(21)5-6-19(21)20(25)12-23)4-3-14-11-15(24)7-10-22(14,18)13-26-2/h14-19,23-24H,3-13H2,1-2H3/t14?,15?,16-,17-,18-,19+,21-,22+/m0/s1. The lowest BCUT2D eigenvalue weighted by Gasteiger charge is -2.61. The Morgan fingerprint density at radius 1 is 1.08 bits per heavy atom. The number of carbonyl (C=O) groups excluding carboxylic acids is 1. The van der Waals surface area contributed by atoms with E-state index in [1.807, 2.05) is 7.11 Å². The second-order valence-electron chi connectivity index (χ2n) is 10.0. The highest BCUT2D eigenvalue weighted by atomic mass is 16.5. The van der Waals surface area contributed by atoms with Crippen LogP contribution in [-0.2, 0) is 9.53 Å². The van der Waals surface area contributed by atoms with Gasteiger partial charge in [0.25, 0.3) is 0 Å². The number of Topliss-reactive ketones (excluding diaryl/α,β-unsaturated/α-hetero) is 1. The van der Waals surface area contributed by atoms with Gasteiger partial charge >= 0.3 is 0 Å². The van der Waals surface area contributed by atoms with E-state index in [0.717, 1.165) is 45.1 Å². The number of methoxy groups -OCH3 is 1. The molecule has 0 heterocycles. The van der Waals surface area contributed by atoms with Crippen molar-refractivity contribution in [2.75, 3.05) is 20.3 Å². The van der Waals surface area contributed by atoms with Crippen LogP contribution in [0.1, 0.15) is 64.7 Å². The Balaban J connectivity index is 1.63. The Morgan fingerprint density at radius 3 is 2.62 bits per heavy atom. The molecule has 8 atom stereocenters. The van der Waals surface area contributed by atoms with Crippen LogP contribution in [0.5, 0.6) is 0 Å². The summed E-state index contributed by atoms with van der Waals surface area (Å²) in [5, 5.41) is 19.7. The molecule has 2 N–H and O–H groups in total. The molecule has 4 aliphatic carbocycles. The van der Waals surface area contributed by atoms with Gasteiger partial charge in [-0.3, -0.25) is 4.79 Å². The topological polar surface area (TPSA) is 66.8 Å². The lowest BCUT2D eigenvalue weighted by molar-refractivity contribution is -0.161. The number of rotatable bonds is 4. The first-order valence-corrected chi connectivity index (χ1v) is 10.8. The summed E-state index contributed by atoms with van der Waals surface area (Å²) in [7, 11) is 1.83. The molecule has 0 aliphatic heterocycles. The molecule has 0 bridgehead atoms. The minimum atomic E-state index is -0.297. The molecular formula is C22H36O4. The molecule has 4 fully saturated rings. The molecule has 4 heteroatoms. The molecule has 148 valence electrons. The lowest BCUT2D eigenvalue weighted by atomic mass is 9.44. The van der Waals surface area contributed by atoms with Gasteiger partial charge in [0, 0.05) is 13.0 Å². The van der Waals surface area contributed by atoms with Crippen molar-refractivity contribution in [3.8, 4) is 0 Å². The molecule has 0 radical (unpaired) electrons. The van der Waals surface area contributed by atoms with E-state index in [4.69, 9.17) is 4.74 Å². The highest BCUT2D eigenvalue weighted by molar-refractivity contribution is 5.83. The van der Waals surface area contributed by atoms with Crippen LogP contribution in [0.2, 0.25) is 0 Å². The van der Waals surface area contributed by atoms with Crippen LogP contribution in [0.4, 0.5) is 0 Å². The minimum absolute atomic E-state index is 0.0581. The minimum Gasteiger partial charge on any atom is -0.393 e. The molecular weight excluding hydrogens is 328 g/mol. The normalized spacial score (nSPS) is 50.6. The quantitative estimate of drug-likeness (QED) is 0.804. The summed E-state index contributed by atoms with van der Waals surface area (Å²) in [6, 6.07) is 0. The van der Waals surface area contributed by atoms with Crippen molar-refractivity contribution < 1.29 is 19.7 Å². The van der Waals surface area contributed by atoms with Crippen LogP contribution < -0.4 is 0 Å². The van der Waals surface area contributed by atoms with E-state index in [2.05, 4.69) is 6.92 Å². The van der Waals surface area contributed by atoms with E-state index in [1.165, 1.54) is 19.3 Å². The fourth-order valence-electron chi connectivity index (χ4n) is 8.22. The van der Waals surface area contributed by atoms with Gasteiger partial charge in [0.15, 0.2) is 5.78 Å². The Kier molecular flexibility index (Phi) is 4.98. The third-order valence-electron chi connectivity index (χ3n) is 9.29. The SMILES string of the molecule is COC[C@]12CCC(O)CC1CC[C@@H]1[C@@H]2CC[C@]2(C)[C@@H](C(=O)CO)CC[C@@H]12. The Bertz CT molecular complexity index is 548. The zero-order chi connectivity index (χ0) is 18.5. The molecule has 4 nitrogen and oxygen atoms in total. The van der Waals surface area contributed by atoms with Gasteiger partial charge in [0.1, 0.15) is 6.61 Å². The maximum atomic E-state index is 12.4. The molecule has 26 heavy (non-hydrogen) atoms. The highest BCUT2D eigenvalue weighted by Crippen LogP contribution is 2.67. The van der Waals surface area contributed by atoms with Crippen molar-refractivity contribution in [2.24, 2.45) is 40.4 Å². The summed E-state index contributed by atoms with van der Waals surface area (Å²) in [6.07, 6.45) is 9.66. The van der Waals surface area contributed by atoms with E-state index >= 15 is 0 Å². The number of aliphatic hydroxyl groups is 2. The highest BCUT2D eigenvalue weighted by Gasteiger charge is 2.62. The van der Waals surface area contributed by atoms with Crippen LogP contribution in [0.25, 0.3) is 0 Å². The van der Waals surface area contributed by atoms with Gasteiger partial charge < -0.3 is 14.9 Å². The van der Waals surface area contributed by atoms with Gasteiger partial charge in [-0.2, -0.15) is 0 Å². The first kappa shape index (κ1) is 18.9. The summed E-state index contributed by atoms with van der Waals surface area (Å²) in [4.78, 5) is 12.4. The van der Waals surface area contributed by atoms with E-state index in [1.54, 1.807) is 0 Å². The van der Waals surface area contributed by atoms with Gasteiger partial charge in [0.05, 0.1) is 12.7 Å². The van der Waals surface area contributed by atoms with E-state index in [-0.39, 0.29) is 35.2 Å². The van der Waals surface area contributed by atoms with Gasteiger partial charge in [-0.15, -0.1) is 0 Å². The molecule has 0 aromatic carbocycles. The first-order chi connectivity index (χ1) is 12.5. The van der Waals surface area contributed by atoms with E-state index in [9.17, 15) is 15.0 Å². The Labute approximate surface area is 157 Å². The van der Waals surface area contributed by atoms with Gasteiger partial charge in [-0.25, -0.2) is 0 Å². The van der Waals surface area contributed by atoms with Crippen LogP contribution in [-0.4, -0.2) is 42.4 Å². The largest absolute Gasteiger partial charge is 0.393 e. The van der Waals surface area contributed by atoms with Gasteiger partial charge in [-0.05, 0) is 92.3 Å². The maximum absolute atomic E-state index is 12.4. The summed E-state index contributed by atoms with van der Waals surface area (Å²) in [5.41, 5.74) is 0.313. The summed E-state index contributed by atoms with van der Waals surface area (Å²) in [5.74, 6) is 2.69. The molecule has 4 rings (SSSR count). The van der Waals surface area contributed by atoms with Crippen molar-refractivity contribution in [1.82, 2.24) is 0 Å². The fourth-order valence-corrected chi connectivity index (χ4v) is 8.22. The number of aliphatic hydroxyl groups excluding tert-OH is 2. The van der Waals surface area contributed by atoms with Crippen LogP contribution in [0.15, 0.2) is 0 Å². The number of fused-ring (bicyclic) bond motifs is 5. The van der Waals surface area contributed by atoms with Gasteiger partial charge in [-0.1, -0.05) is 6.92 Å². The first-order valence-electron chi connectivity index (χ1n) is 10.8. The molecule has 0 saturated heterocycles. The summed E-state index contributed by atoms with van der Waals surface area (Å²) < 4.78 is 5.77. The Morgan fingerprint density at radius 2 is 1.88 bits per heavy atom. The number of ether oxygens (including phenoxy) is 1. The average Bonchev–Trinajstić information content (AvgIpc) is 2.99. The van der Waals surface area contributed by atoms with E-state index < -0.39 is 0 Å². The average molecular weight is 365 g/mol. The van der Waals surface area contributed by atoms with E-state index in [0.29, 0.717) is 23.7 Å². The third kappa shape index (κ3) is 2.62. The van der Waals surface area contributed by atoms with Crippen LogP contribution >= 0.6 is 0 Å². The van der Waals surface area contributed by atoms with Gasteiger partial charge in [0.2, 0.25) is 0 Å². The van der Waals surface area contributed by atoms with Crippen molar-refractivity contribution in [3.05, 3.63) is 0 Å². The van der Waals surface area contributed by atoms with Crippen LogP contribution in [0, 0.1) is 40.4 Å². The van der Waals surface area contributed by atoms with Crippen molar-refractivity contribution in [2.45, 2.75) is 70.8 Å². The Hall–Kier alpha value is -0.450. The molecule has 0 aromatic rings. The molecule has 0 spiro atoms. The molecule has 2 unspecified atom stereocenters. The van der Waals surface area contributed by atoms with Crippen molar-refractivity contribution in [3.63, 3.8) is 0 Å². The third-order valence-corrected chi connectivity index (χ3v) is 9.29. The number of hydrogen-bond donors (Lipinski definition) is 2. The smallest absolute Gasteiger partial charge is 0.161 e. The zero-order valence-electron chi connectivity index (χ0n) is 16.5. The molecule has 4 aliphatic rings. The molecule has 4 saturated carbocycles. The second-order valence-corrected chi connectivity index (χ2v) is 10.0. The van der Waals surface area contributed by atoms with Crippen LogP contribution in [0.3, 0.4) is 0 Å². The number of ketones is 1. The van der Waals surface area contributed by atoms with Crippen molar-refractivity contribution >= 4 is 5.78 Å². The number of hydrogen-bond acceptors (Lipinski definition) is 4. The summed E-state index contributed by atoms with van der Waals surface area (Å²) in [6.45, 7) is 2.86. The summed E-state index contributed by atoms with van der Waals surface area (Å²) >= 11 is 0. The predicted molar refractivity (Wildman–Crippen MR) is 99.5 cm³/mol. The maximum Gasteiger partial charge on any atom is 0.161 e. The zero-order valence-corrected chi connectivity index (χ0v) is 16.5. The van der Waals surface area contributed by atoms with Crippen molar-refractivity contribution in [1.29, 1.82) is 0 Å². The second kappa shape index (κ2) is 6.86. The fraction of sp³-hybridized carbons (Fsp3) is 0.955. The predicted octanol–water partition coefficient (Wildman–Crippen LogP) is 3.19. The molecule has 0 amide bonds. The molecule has 0 aromatic heterocycles. The monoisotopic (exact) mass is 364 g/mol.